The summed E-state index contributed by atoms with van der Waals surface area (Å²) in [4.78, 5) is 25.7. The second-order valence-electron chi connectivity index (χ2n) is 11.5. The summed E-state index contributed by atoms with van der Waals surface area (Å²) in [5, 5.41) is 9.32. The fraction of sp³-hybridized carbons (Fsp3) is 0.714. The first-order valence-electron chi connectivity index (χ1n) is 13.0. The zero-order valence-corrected chi connectivity index (χ0v) is 20.8. The molecule has 2 heterocycles. The van der Waals surface area contributed by atoms with E-state index in [0.717, 1.165) is 32.1 Å². The Morgan fingerprint density at radius 2 is 1.88 bits per heavy atom. The molecule has 2 bridgehead atoms. The fourth-order valence-corrected chi connectivity index (χ4v) is 7.56. The minimum Gasteiger partial charge on any atom is -0.459 e. The lowest BCUT2D eigenvalue weighted by Crippen LogP contribution is -2.62. The van der Waals surface area contributed by atoms with E-state index in [0.29, 0.717) is 12.3 Å². The Labute approximate surface area is 202 Å². The molecule has 5 rings (SSSR count). The van der Waals surface area contributed by atoms with E-state index in [9.17, 15) is 14.7 Å². The predicted octanol–water partition coefficient (Wildman–Crippen LogP) is 3.86. The van der Waals surface area contributed by atoms with Gasteiger partial charge in [-0.05, 0) is 67.9 Å². The van der Waals surface area contributed by atoms with Gasteiger partial charge in [0.25, 0.3) is 0 Å². The molecule has 8 atom stereocenters. The van der Waals surface area contributed by atoms with Crippen molar-refractivity contribution >= 4 is 11.9 Å². The molecule has 2 aliphatic carbocycles. The van der Waals surface area contributed by atoms with Gasteiger partial charge in [0.1, 0.15) is 30.0 Å². The number of carbonyl (C=O) groups excluding carboxylic acids is 2. The second kappa shape index (κ2) is 8.63. The van der Waals surface area contributed by atoms with Gasteiger partial charge in [-0.2, -0.15) is 0 Å². The van der Waals surface area contributed by atoms with Crippen LogP contribution in [0.3, 0.4) is 0 Å². The molecule has 1 saturated carbocycles. The van der Waals surface area contributed by atoms with Crippen molar-refractivity contribution < 1.29 is 28.9 Å². The highest BCUT2D eigenvalue weighted by molar-refractivity contribution is 5.74. The van der Waals surface area contributed by atoms with Gasteiger partial charge in [-0.1, -0.05) is 45.0 Å². The highest BCUT2D eigenvalue weighted by Crippen LogP contribution is 2.63. The first kappa shape index (κ1) is 23.8. The molecule has 1 aromatic carbocycles. The van der Waals surface area contributed by atoms with Crippen LogP contribution in [0, 0.1) is 29.6 Å². The molecule has 3 fully saturated rings. The summed E-state index contributed by atoms with van der Waals surface area (Å²) in [5.41, 5.74) is 1.22. The number of aliphatic hydroxyl groups excluding tert-OH is 1. The number of hydrogen-bond donors (Lipinski definition) is 1. The van der Waals surface area contributed by atoms with Gasteiger partial charge in [0, 0.05) is 12.3 Å². The van der Waals surface area contributed by atoms with Gasteiger partial charge in [-0.25, -0.2) is 4.79 Å². The van der Waals surface area contributed by atoms with Crippen LogP contribution in [-0.2, 0) is 36.6 Å². The van der Waals surface area contributed by atoms with Crippen LogP contribution in [0.1, 0.15) is 64.5 Å². The van der Waals surface area contributed by atoms with E-state index in [1.54, 1.807) is 0 Å². The number of carbonyl (C=O) groups is 2. The molecule has 6 nitrogen and oxygen atoms in total. The van der Waals surface area contributed by atoms with Gasteiger partial charge in [0.05, 0.1) is 5.92 Å². The molecule has 0 spiro atoms. The number of ether oxygens (including phenoxy) is 3. The molecule has 2 saturated heterocycles. The first-order valence-corrected chi connectivity index (χ1v) is 13.0. The third-order valence-electron chi connectivity index (χ3n) is 9.48. The second-order valence-corrected chi connectivity index (χ2v) is 11.5. The maximum Gasteiger partial charge on any atom is 0.332 e. The van der Waals surface area contributed by atoms with Crippen molar-refractivity contribution in [2.24, 2.45) is 29.6 Å². The SMILES string of the molecule is CC(C)[C@@]12C[C@@H](OC(=O)CO)C(C)(O1)[C@@H]1CC[C@@H](C)[C@H]1[C@@H]2OC(=O)C1CCc2ccccc2C1. The van der Waals surface area contributed by atoms with E-state index in [-0.39, 0.29) is 35.7 Å². The van der Waals surface area contributed by atoms with Crippen molar-refractivity contribution in [3.8, 4) is 0 Å². The van der Waals surface area contributed by atoms with Gasteiger partial charge in [0.2, 0.25) is 0 Å². The first-order chi connectivity index (χ1) is 16.2. The Morgan fingerprint density at radius 1 is 1.15 bits per heavy atom. The summed E-state index contributed by atoms with van der Waals surface area (Å²) in [6.45, 7) is 7.87. The van der Waals surface area contributed by atoms with Gasteiger partial charge >= 0.3 is 11.9 Å². The number of esters is 2. The lowest BCUT2D eigenvalue weighted by Gasteiger charge is -2.53. The summed E-state index contributed by atoms with van der Waals surface area (Å²) >= 11 is 0. The van der Waals surface area contributed by atoms with Crippen molar-refractivity contribution in [1.82, 2.24) is 0 Å². The Bertz CT molecular complexity index is 958. The van der Waals surface area contributed by atoms with E-state index in [2.05, 4.69) is 45.9 Å². The minimum absolute atomic E-state index is 0.0725. The summed E-state index contributed by atoms with van der Waals surface area (Å²) in [6, 6.07) is 8.36. The van der Waals surface area contributed by atoms with E-state index in [1.807, 2.05) is 6.07 Å². The Kier molecular flexibility index (Phi) is 6.04. The summed E-state index contributed by atoms with van der Waals surface area (Å²) < 4.78 is 19.1. The van der Waals surface area contributed by atoms with E-state index in [1.165, 1.54) is 11.1 Å². The topological polar surface area (TPSA) is 82.1 Å². The van der Waals surface area contributed by atoms with Crippen molar-refractivity contribution in [3.05, 3.63) is 35.4 Å². The molecule has 2 aliphatic heterocycles. The van der Waals surface area contributed by atoms with Gasteiger partial charge < -0.3 is 19.3 Å². The largest absolute Gasteiger partial charge is 0.459 e. The van der Waals surface area contributed by atoms with Crippen LogP contribution in [0.5, 0.6) is 0 Å². The lowest BCUT2D eigenvalue weighted by molar-refractivity contribution is -0.267. The molecule has 4 aliphatic rings. The minimum atomic E-state index is -0.711. The van der Waals surface area contributed by atoms with Crippen LogP contribution in [0.25, 0.3) is 0 Å². The predicted molar refractivity (Wildman–Crippen MR) is 126 cm³/mol. The van der Waals surface area contributed by atoms with E-state index < -0.39 is 29.9 Å². The average molecular weight is 471 g/mol. The van der Waals surface area contributed by atoms with Crippen LogP contribution in [0.15, 0.2) is 24.3 Å². The monoisotopic (exact) mass is 470 g/mol. The third kappa shape index (κ3) is 3.60. The Balaban J connectivity index is 1.45. The molecule has 2 unspecified atom stereocenters. The molecular formula is C28H38O6. The normalized spacial score (nSPS) is 40.5. The molecule has 0 aromatic heterocycles. The molecule has 186 valence electrons. The van der Waals surface area contributed by atoms with Crippen LogP contribution in [0.4, 0.5) is 0 Å². The molecule has 34 heavy (non-hydrogen) atoms. The van der Waals surface area contributed by atoms with Crippen LogP contribution >= 0.6 is 0 Å². The molecule has 6 heteroatoms. The van der Waals surface area contributed by atoms with Crippen molar-refractivity contribution in [3.63, 3.8) is 0 Å². The summed E-state index contributed by atoms with van der Waals surface area (Å²) in [7, 11) is 0. The molecule has 1 N–H and O–H groups in total. The van der Waals surface area contributed by atoms with Crippen LogP contribution in [-0.4, -0.2) is 47.1 Å². The standard InChI is InChI=1S/C28H38O6/c1-16(2)28-14-22(32-23(30)15-29)27(4,34-28)21-12-9-17(3)24(21)25(28)33-26(31)20-11-10-18-7-5-6-8-19(18)13-20/h5-8,16-17,20-22,24-25,29H,9-15H2,1-4H3/t17-,20?,21-,22-,24-,25+,27?,28-/m1/s1. The summed E-state index contributed by atoms with van der Waals surface area (Å²) in [5.74, 6) is -0.130. The van der Waals surface area contributed by atoms with E-state index in [4.69, 9.17) is 14.2 Å². The fourth-order valence-electron chi connectivity index (χ4n) is 7.56. The number of aliphatic hydroxyl groups is 1. The van der Waals surface area contributed by atoms with Gasteiger partial charge in [0.15, 0.2) is 0 Å². The Morgan fingerprint density at radius 3 is 2.59 bits per heavy atom. The molecular weight excluding hydrogens is 432 g/mol. The third-order valence-corrected chi connectivity index (χ3v) is 9.48. The van der Waals surface area contributed by atoms with Crippen molar-refractivity contribution in [1.29, 1.82) is 0 Å². The quantitative estimate of drug-likeness (QED) is 0.658. The van der Waals surface area contributed by atoms with Gasteiger partial charge in [-0.15, -0.1) is 0 Å². The number of aryl methyl sites for hydroxylation is 1. The Hall–Kier alpha value is -1.92. The maximum atomic E-state index is 13.6. The maximum absolute atomic E-state index is 13.6. The highest BCUT2D eigenvalue weighted by atomic mass is 16.6. The number of hydrogen-bond acceptors (Lipinski definition) is 6. The van der Waals surface area contributed by atoms with Gasteiger partial charge in [-0.3, -0.25) is 4.79 Å². The number of fused-ring (bicyclic) bond motifs is 5. The smallest absolute Gasteiger partial charge is 0.332 e. The zero-order valence-electron chi connectivity index (χ0n) is 20.8. The highest BCUT2D eigenvalue weighted by Gasteiger charge is 2.72. The molecule has 1 aromatic rings. The lowest BCUT2D eigenvalue weighted by atomic mass is 9.69. The van der Waals surface area contributed by atoms with E-state index >= 15 is 0 Å². The molecule has 0 radical (unpaired) electrons. The summed E-state index contributed by atoms with van der Waals surface area (Å²) in [6.07, 6.45) is 4.06. The number of benzene rings is 1. The van der Waals surface area contributed by atoms with Crippen molar-refractivity contribution in [2.75, 3.05) is 6.61 Å². The number of rotatable bonds is 5. The molecule has 0 amide bonds. The van der Waals surface area contributed by atoms with Crippen LogP contribution in [0.2, 0.25) is 0 Å². The zero-order chi connectivity index (χ0) is 24.3. The van der Waals surface area contributed by atoms with Crippen LogP contribution < -0.4 is 0 Å². The van der Waals surface area contributed by atoms with Crippen molar-refractivity contribution in [2.45, 2.75) is 89.6 Å². The average Bonchev–Trinajstić information content (AvgIpc) is 3.34.